The number of nitrogens with zero attached hydrogens (tertiary/aromatic N) is 1. The Kier molecular flexibility index (Phi) is 8.03. The number of nitrogens with one attached hydrogen (secondary N) is 3. The summed E-state index contributed by atoms with van der Waals surface area (Å²) < 4.78 is 76.5. The van der Waals surface area contributed by atoms with E-state index in [1.807, 2.05) is 0 Å². The highest BCUT2D eigenvalue weighted by atomic mass is 32.2. The van der Waals surface area contributed by atoms with Gasteiger partial charge in [0.1, 0.15) is 12.4 Å². The Bertz CT molecular complexity index is 1150. The predicted molar refractivity (Wildman–Crippen MR) is 114 cm³/mol. The monoisotopic (exact) mass is 490 g/mol. The molecule has 0 saturated heterocycles. The van der Waals surface area contributed by atoms with Gasteiger partial charge in [0, 0.05) is 36.6 Å². The first-order valence-electron chi connectivity index (χ1n) is 9.42. The highest BCUT2D eigenvalue weighted by molar-refractivity contribution is 7.89. The molecule has 0 aliphatic rings. The van der Waals surface area contributed by atoms with E-state index in [9.17, 15) is 35.6 Å². The number of amides is 2. The third-order valence-electron chi connectivity index (χ3n) is 4.39. The van der Waals surface area contributed by atoms with Crippen LogP contribution in [-0.4, -0.2) is 57.9 Å². The summed E-state index contributed by atoms with van der Waals surface area (Å²) in [5.41, 5.74) is -0.0692. The number of rotatable bonds is 8. The number of hydrogen-bond donors (Lipinski definition) is 3. The van der Waals surface area contributed by atoms with Gasteiger partial charge in [-0.1, -0.05) is 6.07 Å². The van der Waals surface area contributed by atoms with Crippen LogP contribution in [0.1, 0.15) is 15.9 Å². The van der Waals surface area contributed by atoms with Gasteiger partial charge in [0.2, 0.25) is 15.9 Å². The molecule has 0 saturated carbocycles. The minimum atomic E-state index is -4.62. The van der Waals surface area contributed by atoms with Crippen LogP contribution >= 0.6 is 0 Å². The lowest BCUT2D eigenvalue weighted by molar-refractivity contribution is -0.123. The standard InChI is InChI=1S/C20H22F4N4O4S/c1-12-16(21)7-13(19(30)26-11-20(22,23)24)8-17(12)25-10-18(29)27-14-5-4-6-15(9-14)33(31,32)28(2)3/h4-9,25H,10-11H2,1-3H3,(H,26,30)(H,27,29). The van der Waals surface area contributed by atoms with Crippen molar-refractivity contribution in [3.05, 3.63) is 53.3 Å². The molecule has 0 aliphatic carbocycles. The molecule has 13 heteroatoms. The zero-order valence-corrected chi connectivity index (χ0v) is 18.7. The molecular weight excluding hydrogens is 468 g/mol. The average Bonchev–Trinajstić information content (AvgIpc) is 2.72. The van der Waals surface area contributed by atoms with Crippen molar-refractivity contribution in [2.45, 2.75) is 18.0 Å². The molecule has 33 heavy (non-hydrogen) atoms. The molecule has 180 valence electrons. The summed E-state index contributed by atoms with van der Waals surface area (Å²) in [7, 11) is -0.982. The van der Waals surface area contributed by atoms with Gasteiger partial charge in [0.25, 0.3) is 5.91 Å². The van der Waals surface area contributed by atoms with Crippen LogP contribution in [0.3, 0.4) is 0 Å². The van der Waals surface area contributed by atoms with Crippen LogP contribution in [0, 0.1) is 12.7 Å². The van der Waals surface area contributed by atoms with Crippen molar-refractivity contribution in [1.82, 2.24) is 9.62 Å². The Labute approximate surface area is 188 Å². The molecule has 0 heterocycles. The van der Waals surface area contributed by atoms with E-state index in [2.05, 4.69) is 10.6 Å². The number of carbonyl (C=O) groups is 2. The lowest BCUT2D eigenvalue weighted by Gasteiger charge is -2.14. The van der Waals surface area contributed by atoms with E-state index in [-0.39, 0.29) is 27.4 Å². The average molecular weight is 490 g/mol. The van der Waals surface area contributed by atoms with Crippen molar-refractivity contribution in [3.8, 4) is 0 Å². The second kappa shape index (κ2) is 10.2. The number of sulfonamides is 1. The van der Waals surface area contributed by atoms with Gasteiger partial charge in [-0.25, -0.2) is 17.1 Å². The summed E-state index contributed by atoms with van der Waals surface area (Å²) in [5.74, 6) is -2.59. The second-order valence-electron chi connectivity index (χ2n) is 7.15. The van der Waals surface area contributed by atoms with Gasteiger partial charge < -0.3 is 16.0 Å². The minimum Gasteiger partial charge on any atom is -0.376 e. The molecule has 0 atom stereocenters. The van der Waals surface area contributed by atoms with Gasteiger partial charge >= 0.3 is 6.18 Å². The first kappa shape index (κ1) is 26.1. The molecule has 0 radical (unpaired) electrons. The molecular formula is C20H22F4N4O4S. The number of benzene rings is 2. The van der Waals surface area contributed by atoms with Crippen molar-refractivity contribution in [1.29, 1.82) is 0 Å². The molecule has 0 aliphatic heterocycles. The Morgan fingerprint density at radius 2 is 1.76 bits per heavy atom. The maximum atomic E-state index is 14.2. The molecule has 2 rings (SSSR count). The smallest absolute Gasteiger partial charge is 0.376 e. The molecule has 2 amide bonds. The highest BCUT2D eigenvalue weighted by Gasteiger charge is 2.28. The molecule has 2 aromatic rings. The number of carbonyl (C=O) groups excluding carboxylic acids is 2. The Balaban J connectivity index is 2.10. The molecule has 2 aromatic carbocycles. The lowest BCUT2D eigenvalue weighted by atomic mass is 10.1. The quantitative estimate of drug-likeness (QED) is 0.494. The van der Waals surface area contributed by atoms with E-state index >= 15 is 0 Å². The van der Waals surface area contributed by atoms with Crippen LogP contribution in [0.4, 0.5) is 28.9 Å². The summed E-state index contributed by atoms with van der Waals surface area (Å²) in [6.45, 7) is -0.601. The summed E-state index contributed by atoms with van der Waals surface area (Å²) in [5, 5.41) is 6.76. The largest absolute Gasteiger partial charge is 0.405 e. The third kappa shape index (κ3) is 7.15. The maximum Gasteiger partial charge on any atom is 0.405 e. The lowest BCUT2D eigenvalue weighted by Crippen LogP contribution is -2.33. The summed E-state index contributed by atoms with van der Waals surface area (Å²) in [6, 6.07) is 7.48. The summed E-state index contributed by atoms with van der Waals surface area (Å²) in [6.07, 6.45) is -4.62. The van der Waals surface area contributed by atoms with Crippen molar-refractivity contribution in [3.63, 3.8) is 0 Å². The number of halogens is 4. The summed E-state index contributed by atoms with van der Waals surface area (Å²) >= 11 is 0. The zero-order valence-electron chi connectivity index (χ0n) is 17.9. The van der Waals surface area contributed by atoms with Gasteiger partial charge in [-0.3, -0.25) is 9.59 Å². The van der Waals surface area contributed by atoms with Gasteiger partial charge in [-0.05, 0) is 37.3 Å². The molecule has 3 N–H and O–H groups in total. The van der Waals surface area contributed by atoms with E-state index in [0.29, 0.717) is 0 Å². The van der Waals surface area contributed by atoms with Crippen LogP contribution in [0.25, 0.3) is 0 Å². The Morgan fingerprint density at radius 3 is 2.36 bits per heavy atom. The topological polar surface area (TPSA) is 108 Å². The SMILES string of the molecule is Cc1c(F)cc(C(=O)NCC(F)(F)F)cc1NCC(=O)Nc1cccc(S(=O)(=O)N(C)C)c1. The third-order valence-corrected chi connectivity index (χ3v) is 6.20. The first-order chi connectivity index (χ1) is 15.2. The normalized spacial score (nSPS) is 11.9. The molecule has 0 aromatic heterocycles. The number of alkyl halides is 3. The fraction of sp³-hybridized carbons (Fsp3) is 0.300. The van der Waals surface area contributed by atoms with Crippen molar-refractivity contribution >= 4 is 33.2 Å². The minimum absolute atomic E-state index is 0.0336. The van der Waals surface area contributed by atoms with Crippen molar-refractivity contribution in [2.24, 2.45) is 0 Å². The predicted octanol–water partition coefficient (Wildman–Crippen LogP) is 2.73. The summed E-state index contributed by atoms with van der Waals surface area (Å²) in [4.78, 5) is 24.2. The molecule has 0 spiro atoms. The van der Waals surface area contributed by atoms with Crippen LogP contribution in [0.15, 0.2) is 41.3 Å². The highest BCUT2D eigenvalue weighted by Crippen LogP contribution is 2.22. The number of hydrogen-bond acceptors (Lipinski definition) is 5. The van der Waals surface area contributed by atoms with E-state index in [4.69, 9.17) is 0 Å². The van der Waals surface area contributed by atoms with Gasteiger partial charge in [0.05, 0.1) is 11.4 Å². The Hall–Kier alpha value is -3.19. The fourth-order valence-electron chi connectivity index (χ4n) is 2.60. The van der Waals surface area contributed by atoms with E-state index in [0.717, 1.165) is 16.4 Å². The van der Waals surface area contributed by atoms with Gasteiger partial charge in [-0.2, -0.15) is 13.2 Å². The molecule has 0 unspecified atom stereocenters. The van der Waals surface area contributed by atoms with Gasteiger partial charge in [0.15, 0.2) is 0 Å². The van der Waals surface area contributed by atoms with Crippen LogP contribution in [-0.2, 0) is 14.8 Å². The van der Waals surface area contributed by atoms with E-state index in [1.165, 1.54) is 45.3 Å². The second-order valence-corrected chi connectivity index (χ2v) is 9.30. The molecule has 0 fully saturated rings. The van der Waals surface area contributed by atoms with Crippen LogP contribution < -0.4 is 16.0 Å². The van der Waals surface area contributed by atoms with Crippen molar-refractivity contribution < 1.29 is 35.6 Å². The Morgan fingerprint density at radius 1 is 1.09 bits per heavy atom. The maximum absolute atomic E-state index is 14.2. The first-order valence-corrected chi connectivity index (χ1v) is 10.9. The van der Waals surface area contributed by atoms with Crippen LogP contribution in [0.2, 0.25) is 0 Å². The molecule has 8 nitrogen and oxygen atoms in total. The van der Waals surface area contributed by atoms with E-state index in [1.54, 1.807) is 5.32 Å². The molecule has 0 bridgehead atoms. The fourth-order valence-corrected chi connectivity index (χ4v) is 3.55. The van der Waals surface area contributed by atoms with E-state index < -0.39 is 46.9 Å². The van der Waals surface area contributed by atoms with Crippen molar-refractivity contribution in [2.75, 3.05) is 37.8 Å². The van der Waals surface area contributed by atoms with Gasteiger partial charge in [-0.15, -0.1) is 0 Å². The van der Waals surface area contributed by atoms with Crippen LogP contribution in [0.5, 0.6) is 0 Å². The number of anilines is 2. The zero-order chi connectivity index (χ0) is 25.0.